The molecule has 3 nitrogen and oxygen atoms in total. The number of hydrogen-bond donors (Lipinski definition) is 1. The number of aromatic nitrogens is 1. The standard InChI is InChI=1S/C14H17ClN2O/c1-18-13-5-12(8-17-14(13)15)9-2-3-10-6-16-7-11(10)4-9/h2,5,8,10-11,16H,3-4,6-7H2,1H3/t10-,11+/m1/s1. The minimum absolute atomic E-state index is 0.429. The summed E-state index contributed by atoms with van der Waals surface area (Å²) in [5, 5.41) is 3.90. The van der Waals surface area contributed by atoms with Crippen LogP contribution in [0, 0.1) is 11.8 Å². The molecule has 2 atom stereocenters. The zero-order valence-corrected chi connectivity index (χ0v) is 11.2. The maximum atomic E-state index is 5.96. The first-order valence-electron chi connectivity index (χ1n) is 6.37. The molecule has 0 amide bonds. The van der Waals surface area contributed by atoms with Gasteiger partial charge in [-0.1, -0.05) is 17.7 Å². The van der Waals surface area contributed by atoms with Gasteiger partial charge in [0.15, 0.2) is 10.9 Å². The fourth-order valence-electron chi connectivity index (χ4n) is 2.94. The van der Waals surface area contributed by atoms with Crippen LogP contribution in [0.15, 0.2) is 18.3 Å². The van der Waals surface area contributed by atoms with Crippen molar-refractivity contribution in [2.75, 3.05) is 20.2 Å². The summed E-state index contributed by atoms with van der Waals surface area (Å²) >= 11 is 5.96. The molecule has 1 aliphatic heterocycles. The summed E-state index contributed by atoms with van der Waals surface area (Å²) in [5.74, 6) is 2.24. The van der Waals surface area contributed by atoms with Crippen LogP contribution < -0.4 is 10.1 Å². The molecule has 0 radical (unpaired) electrons. The van der Waals surface area contributed by atoms with Gasteiger partial charge >= 0.3 is 0 Å². The van der Waals surface area contributed by atoms with Crippen LogP contribution in [-0.2, 0) is 0 Å². The number of pyridine rings is 1. The van der Waals surface area contributed by atoms with E-state index in [1.54, 1.807) is 7.11 Å². The number of nitrogens with zero attached hydrogens (tertiary/aromatic N) is 1. The number of ether oxygens (including phenoxy) is 1. The molecule has 0 aromatic carbocycles. The highest BCUT2D eigenvalue weighted by Crippen LogP contribution is 2.37. The summed E-state index contributed by atoms with van der Waals surface area (Å²) in [6.07, 6.45) is 6.49. The van der Waals surface area contributed by atoms with Crippen molar-refractivity contribution >= 4 is 17.2 Å². The van der Waals surface area contributed by atoms with E-state index in [4.69, 9.17) is 16.3 Å². The van der Waals surface area contributed by atoms with Gasteiger partial charge in [0.25, 0.3) is 0 Å². The van der Waals surface area contributed by atoms with Crippen LogP contribution in [0.5, 0.6) is 5.75 Å². The van der Waals surface area contributed by atoms with Crippen LogP contribution in [0.4, 0.5) is 0 Å². The zero-order chi connectivity index (χ0) is 12.5. The Bertz CT molecular complexity index is 487. The van der Waals surface area contributed by atoms with E-state index in [2.05, 4.69) is 16.4 Å². The minimum atomic E-state index is 0.429. The Balaban J connectivity index is 1.86. The van der Waals surface area contributed by atoms with Gasteiger partial charge in [-0.2, -0.15) is 0 Å². The molecular weight excluding hydrogens is 248 g/mol. The van der Waals surface area contributed by atoms with Crippen molar-refractivity contribution in [1.29, 1.82) is 0 Å². The summed E-state index contributed by atoms with van der Waals surface area (Å²) < 4.78 is 5.23. The predicted molar refractivity (Wildman–Crippen MR) is 72.9 cm³/mol. The number of methoxy groups -OCH3 is 1. The molecule has 1 fully saturated rings. The smallest absolute Gasteiger partial charge is 0.171 e. The first kappa shape index (κ1) is 12.0. The molecule has 0 spiro atoms. The van der Waals surface area contributed by atoms with E-state index >= 15 is 0 Å². The molecule has 2 heterocycles. The van der Waals surface area contributed by atoms with Crippen LogP contribution in [0.1, 0.15) is 18.4 Å². The lowest BCUT2D eigenvalue weighted by Crippen LogP contribution is -2.16. The highest BCUT2D eigenvalue weighted by molar-refractivity contribution is 6.30. The molecule has 2 aliphatic rings. The second-order valence-electron chi connectivity index (χ2n) is 5.06. The molecule has 1 aromatic rings. The number of fused-ring (bicyclic) bond motifs is 1. The van der Waals surface area contributed by atoms with Crippen LogP contribution in [0.25, 0.3) is 5.57 Å². The lowest BCUT2D eigenvalue weighted by atomic mass is 9.80. The molecule has 3 rings (SSSR count). The summed E-state index contributed by atoms with van der Waals surface area (Å²) in [7, 11) is 1.62. The van der Waals surface area contributed by atoms with Crippen LogP contribution in [0.2, 0.25) is 5.15 Å². The first-order valence-corrected chi connectivity index (χ1v) is 6.75. The highest BCUT2D eigenvalue weighted by Gasteiger charge is 2.30. The molecule has 1 N–H and O–H groups in total. The van der Waals surface area contributed by atoms with Gasteiger partial charge in [-0.05, 0) is 55.0 Å². The third-order valence-corrected chi connectivity index (χ3v) is 4.31. The Morgan fingerprint density at radius 2 is 2.22 bits per heavy atom. The number of nitrogens with one attached hydrogen (secondary N) is 1. The third kappa shape index (κ3) is 2.13. The van der Waals surface area contributed by atoms with Crippen LogP contribution in [0.3, 0.4) is 0 Å². The normalized spacial score (nSPS) is 26.7. The van der Waals surface area contributed by atoms with Gasteiger partial charge in [0, 0.05) is 6.20 Å². The quantitative estimate of drug-likeness (QED) is 0.834. The molecule has 0 saturated carbocycles. The monoisotopic (exact) mass is 264 g/mol. The van der Waals surface area contributed by atoms with Crippen molar-refractivity contribution in [2.45, 2.75) is 12.8 Å². The SMILES string of the molecule is COc1cc(C2=CC[C@@H]3CNC[C@@H]3C2)cnc1Cl. The molecular formula is C14H17ClN2O. The summed E-state index contributed by atoms with van der Waals surface area (Å²) in [5.41, 5.74) is 2.52. The average Bonchev–Trinajstić information content (AvgIpc) is 2.86. The Labute approximate surface area is 112 Å². The van der Waals surface area contributed by atoms with Crippen molar-refractivity contribution in [2.24, 2.45) is 11.8 Å². The van der Waals surface area contributed by atoms with E-state index in [0.717, 1.165) is 43.3 Å². The van der Waals surface area contributed by atoms with E-state index in [0.29, 0.717) is 10.9 Å². The van der Waals surface area contributed by atoms with E-state index in [-0.39, 0.29) is 0 Å². The maximum Gasteiger partial charge on any atom is 0.171 e. The zero-order valence-electron chi connectivity index (χ0n) is 10.4. The molecule has 0 bridgehead atoms. The Hall–Kier alpha value is -1.06. The molecule has 1 aliphatic carbocycles. The largest absolute Gasteiger partial charge is 0.494 e. The van der Waals surface area contributed by atoms with Crippen molar-refractivity contribution in [3.63, 3.8) is 0 Å². The molecule has 18 heavy (non-hydrogen) atoms. The topological polar surface area (TPSA) is 34.1 Å². The van der Waals surface area contributed by atoms with Crippen molar-refractivity contribution in [1.82, 2.24) is 10.3 Å². The fourth-order valence-corrected chi connectivity index (χ4v) is 3.12. The summed E-state index contributed by atoms with van der Waals surface area (Å²) in [6, 6.07) is 1.99. The maximum absolute atomic E-state index is 5.96. The predicted octanol–water partition coefficient (Wildman–Crippen LogP) is 2.76. The Kier molecular flexibility index (Phi) is 3.27. The Morgan fingerprint density at radius 1 is 1.39 bits per heavy atom. The number of rotatable bonds is 2. The second-order valence-corrected chi connectivity index (χ2v) is 5.42. The molecule has 1 aromatic heterocycles. The first-order chi connectivity index (χ1) is 8.78. The highest BCUT2D eigenvalue weighted by atomic mass is 35.5. The number of halogens is 1. The molecule has 1 saturated heterocycles. The molecule has 0 unspecified atom stereocenters. The van der Waals surface area contributed by atoms with Gasteiger partial charge in [0.1, 0.15) is 0 Å². The third-order valence-electron chi connectivity index (χ3n) is 4.03. The Morgan fingerprint density at radius 3 is 3.06 bits per heavy atom. The van der Waals surface area contributed by atoms with Gasteiger partial charge < -0.3 is 10.1 Å². The second kappa shape index (κ2) is 4.90. The van der Waals surface area contributed by atoms with Crippen molar-refractivity contribution in [3.8, 4) is 5.75 Å². The lowest BCUT2D eigenvalue weighted by Gasteiger charge is -2.24. The van der Waals surface area contributed by atoms with E-state index < -0.39 is 0 Å². The number of hydrogen-bond acceptors (Lipinski definition) is 3. The van der Waals surface area contributed by atoms with Gasteiger partial charge in [0.05, 0.1) is 7.11 Å². The van der Waals surface area contributed by atoms with Crippen molar-refractivity contribution in [3.05, 3.63) is 29.1 Å². The van der Waals surface area contributed by atoms with Crippen LogP contribution in [-0.4, -0.2) is 25.2 Å². The fraction of sp³-hybridized carbons (Fsp3) is 0.500. The van der Waals surface area contributed by atoms with Crippen molar-refractivity contribution < 1.29 is 4.74 Å². The van der Waals surface area contributed by atoms with Gasteiger partial charge in [-0.15, -0.1) is 0 Å². The molecule has 96 valence electrons. The van der Waals surface area contributed by atoms with E-state index in [1.165, 1.54) is 5.57 Å². The average molecular weight is 265 g/mol. The summed E-state index contributed by atoms with van der Waals surface area (Å²) in [6.45, 7) is 2.30. The number of allylic oxidation sites excluding steroid dienone is 2. The van der Waals surface area contributed by atoms with E-state index in [1.807, 2.05) is 12.3 Å². The van der Waals surface area contributed by atoms with Gasteiger partial charge in [-0.25, -0.2) is 4.98 Å². The molecule has 4 heteroatoms. The van der Waals surface area contributed by atoms with Gasteiger partial charge in [-0.3, -0.25) is 0 Å². The van der Waals surface area contributed by atoms with Gasteiger partial charge in [0.2, 0.25) is 0 Å². The van der Waals surface area contributed by atoms with Crippen LogP contribution >= 0.6 is 11.6 Å². The summed E-state index contributed by atoms with van der Waals surface area (Å²) in [4.78, 5) is 4.19. The van der Waals surface area contributed by atoms with E-state index in [9.17, 15) is 0 Å². The lowest BCUT2D eigenvalue weighted by molar-refractivity contribution is 0.411. The minimum Gasteiger partial charge on any atom is -0.494 e.